The second-order valence-corrected chi connectivity index (χ2v) is 8.50. The zero-order chi connectivity index (χ0) is 22.1. The van der Waals surface area contributed by atoms with Crippen molar-refractivity contribution in [3.8, 4) is 0 Å². The minimum Gasteiger partial charge on any atom is -0.309 e. The number of hydrogen-bond acceptors (Lipinski definition) is 7. The molecule has 0 saturated carbocycles. The first-order valence-electron chi connectivity index (χ1n) is 9.08. The zero-order valence-corrected chi connectivity index (χ0v) is 18.2. The summed E-state index contributed by atoms with van der Waals surface area (Å²) in [5, 5.41) is 5.32. The van der Waals surface area contributed by atoms with Gasteiger partial charge < -0.3 is 9.88 Å². The van der Waals surface area contributed by atoms with Crippen LogP contribution in [0.1, 0.15) is 5.56 Å². The fourth-order valence-corrected chi connectivity index (χ4v) is 4.37. The molecule has 0 radical (unpaired) electrons. The highest BCUT2D eigenvalue weighted by Gasteiger charge is 2.20. The van der Waals surface area contributed by atoms with E-state index in [1.54, 1.807) is 28.3 Å². The van der Waals surface area contributed by atoms with Gasteiger partial charge >= 0.3 is 5.69 Å². The van der Waals surface area contributed by atoms with Crippen molar-refractivity contribution in [3.63, 3.8) is 0 Å². The molecule has 0 aliphatic rings. The minimum atomic E-state index is -0.498. The molecule has 4 rings (SSSR count). The summed E-state index contributed by atoms with van der Waals surface area (Å²) >= 11 is 2.44. The average molecular weight is 461 g/mol. The number of hydrogen-bond donors (Lipinski definition) is 1. The van der Waals surface area contributed by atoms with Crippen molar-refractivity contribution in [2.75, 3.05) is 11.1 Å². The predicted molar refractivity (Wildman–Crippen MR) is 117 cm³/mol. The topological polar surface area (TPSA) is 104 Å². The first-order chi connectivity index (χ1) is 14.8. The van der Waals surface area contributed by atoms with Gasteiger partial charge in [0.25, 0.3) is 5.56 Å². The highest BCUT2D eigenvalue weighted by Crippen LogP contribution is 2.23. The minimum absolute atomic E-state index is 0.0284. The molecule has 1 aromatic carbocycles. The SMILES string of the molecule is Cn1c(=O)c2c(nc(SCC(=O)Nc3nccs3)n2Cc2ccc(F)cc2)n(C)c1=O. The van der Waals surface area contributed by atoms with Gasteiger partial charge in [-0.2, -0.15) is 0 Å². The standard InChI is InChI=1S/C19H17FN6O3S2/c1-24-15-14(16(28)25(2)19(24)29)26(9-11-3-5-12(20)6-4-11)18(23-15)31-10-13(27)22-17-21-7-8-30-17/h3-8H,9-10H2,1-2H3,(H,21,22,27). The Kier molecular flexibility index (Phi) is 5.74. The van der Waals surface area contributed by atoms with Crippen molar-refractivity contribution in [3.05, 3.63) is 68.1 Å². The number of aromatic nitrogens is 5. The summed E-state index contributed by atoms with van der Waals surface area (Å²) in [5.74, 6) is -0.617. The lowest BCUT2D eigenvalue weighted by atomic mass is 10.2. The Bertz CT molecular complexity index is 1370. The zero-order valence-electron chi connectivity index (χ0n) is 16.5. The van der Waals surface area contributed by atoms with Crippen LogP contribution in [-0.2, 0) is 25.4 Å². The Hall–Kier alpha value is -3.25. The number of benzene rings is 1. The van der Waals surface area contributed by atoms with Crippen molar-refractivity contribution in [2.45, 2.75) is 11.7 Å². The summed E-state index contributed by atoms with van der Waals surface area (Å²) in [7, 11) is 2.93. The number of carbonyl (C=O) groups excluding carboxylic acids is 1. The van der Waals surface area contributed by atoms with Gasteiger partial charge in [0, 0.05) is 25.7 Å². The quantitative estimate of drug-likeness (QED) is 0.440. The number of halogens is 1. The van der Waals surface area contributed by atoms with Crippen LogP contribution >= 0.6 is 23.1 Å². The van der Waals surface area contributed by atoms with Crippen LogP contribution in [0.3, 0.4) is 0 Å². The van der Waals surface area contributed by atoms with Crippen molar-refractivity contribution in [1.82, 2.24) is 23.7 Å². The summed E-state index contributed by atoms with van der Waals surface area (Å²) in [6.07, 6.45) is 1.59. The van der Waals surface area contributed by atoms with Gasteiger partial charge in [-0.3, -0.25) is 18.7 Å². The molecule has 0 spiro atoms. The molecule has 4 aromatic rings. The Morgan fingerprint density at radius 1 is 1.19 bits per heavy atom. The van der Waals surface area contributed by atoms with Crippen molar-refractivity contribution in [2.24, 2.45) is 14.1 Å². The number of imidazole rings is 1. The lowest BCUT2D eigenvalue weighted by Gasteiger charge is -2.09. The number of fused-ring (bicyclic) bond motifs is 1. The van der Waals surface area contributed by atoms with Crippen LogP contribution in [0.25, 0.3) is 11.2 Å². The van der Waals surface area contributed by atoms with E-state index in [1.807, 2.05) is 0 Å². The molecule has 12 heteroatoms. The van der Waals surface area contributed by atoms with Gasteiger partial charge in [-0.15, -0.1) is 11.3 Å². The van der Waals surface area contributed by atoms with Crippen LogP contribution < -0.4 is 16.6 Å². The Morgan fingerprint density at radius 3 is 2.61 bits per heavy atom. The first kappa shape index (κ1) is 21.0. The summed E-state index contributed by atoms with van der Waals surface area (Å²) in [6.45, 7) is 0.223. The smallest absolute Gasteiger partial charge is 0.309 e. The first-order valence-corrected chi connectivity index (χ1v) is 10.9. The molecule has 0 aliphatic heterocycles. The lowest BCUT2D eigenvalue weighted by Crippen LogP contribution is -2.37. The summed E-state index contributed by atoms with van der Waals surface area (Å²) in [4.78, 5) is 45.9. The maximum absolute atomic E-state index is 13.3. The van der Waals surface area contributed by atoms with Gasteiger partial charge in [0.05, 0.1) is 12.3 Å². The number of thioether (sulfide) groups is 1. The fraction of sp³-hybridized carbons (Fsp3) is 0.211. The van der Waals surface area contributed by atoms with Crippen LogP contribution in [0, 0.1) is 5.82 Å². The molecule has 0 aliphatic carbocycles. The van der Waals surface area contributed by atoms with E-state index in [0.29, 0.717) is 10.3 Å². The van der Waals surface area contributed by atoms with Crippen molar-refractivity contribution in [1.29, 1.82) is 0 Å². The third-order valence-corrected chi connectivity index (χ3v) is 6.24. The third kappa shape index (κ3) is 4.16. The molecular formula is C19H17FN6O3S2. The molecule has 3 heterocycles. The lowest BCUT2D eigenvalue weighted by molar-refractivity contribution is -0.113. The van der Waals surface area contributed by atoms with Crippen LogP contribution in [0.5, 0.6) is 0 Å². The number of thiazole rings is 1. The molecule has 9 nitrogen and oxygen atoms in total. The Labute approximate surface area is 183 Å². The van der Waals surface area contributed by atoms with E-state index in [9.17, 15) is 18.8 Å². The largest absolute Gasteiger partial charge is 0.332 e. The number of amides is 1. The van der Waals surface area contributed by atoms with E-state index in [2.05, 4.69) is 15.3 Å². The maximum atomic E-state index is 13.3. The molecular weight excluding hydrogens is 443 g/mol. The Balaban J connectivity index is 1.74. The van der Waals surface area contributed by atoms with Gasteiger partial charge in [-0.05, 0) is 17.7 Å². The molecule has 1 amide bonds. The second-order valence-electron chi connectivity index (χ2n) is 6.66. The highest BCUT2D eigenvalue weighted by atomic mass is 32.2. The number of rotatable bonds is 6. The third-order valence-electron chi connectivity index (χ3n) is 4.58. The molecule has 0 bridgehead atoms. The van der Waals surface area contributed by atoms with Gasteiger partial charge in [0.15, 0.2) is 21.5 Å². The molecule has 0 atom stereocenters. The number of aryl methyl sites for hydroxylation is 1. The van der Waals surface area contributed by atoms with E-state index in [1.165, 1.54) is 42.1 Å². The van der Waals surface area contributed by atoms with E-state index < -0.39 is 11.2 Å². The number of nitrogens with one attached hydrogen (secondary N) is 1. The average Bonchev–Trinajstić information content (AvgIpc) is 3.39. The maximum Gasteiger partial charge on any atom is 0.332 e. The van der Waals surface area contributed by atoms with E-state index in [-0.39, 0.29) is 35.2 Å². The molecule has 0 saturated heterocycles. The molecule has 0 fully saturated rings. The normalized spacial score (nSPS) is 11.2. The number of carbonyl (C=O) groups is 1. The number of anilines is 1. The second kappa shape index (κ2) is 8.47. The molecule has 31 heavy (non-hydrogen) atoms. The molecule has 3 aromatic heterocycles. The summed E-state index contributed by atoms with van der Waals surface area (Å²) in [6, 6.07) is 5.88. The number of nitrogens with zero attached hydrogens (tertiary/aromatic N) is 5. The predicted octanol–water partition coefficient (Wildman–Crippen LogP) is 1.81. The molecule has 160 valence electrons. The molecule has 1 N–H and O–H groups in total. The van der Waals surface area contributed by atoms with Crippen LogP contribution in [0.15, 0.2) is 50.6 Å². The van der Waals surface area contributed by atoms with Gasteiger partial charge in [-0.1, -0.05) is 23.9 Å². The monoisotopic (exact) mass is 460 g/mol. The van der Waals surface area contributed by atoms with Crippen LogP contribution in [0.2, 0.25) is 0 Å². The van der Waals surface area contributed by atoms with E-state index >= 15 is 0 Å². The van der Waals surface area contributed by atoms with E-state index in [0.717, 1.165) is 21.9 Å². The summed E-state index contributed by atoms with van der Waals surface area (Å²) < 4.78 is 17.3. The fourth-order valence-electron chi connectivity index (χ4n) is 3.03. The van der Waals surface area contributed by atoms with Gasteiger partial charge in [0.1, 0.15) is 5.82 Å². The van der Waals surface area contributed by atoms with Crippen molar-refractivity contribution >= 4 is 45.3 Å². The summed E-state index contributed by atoms with van der Waals surface area (Å²) in [5.41, 5.74) is 0.203. The van der Waals surface area contributed by atoms with E-state index in [4.69, 9.17) is 0 Å². The van der Waals surface area contributed by atoms with Gasteiger partial charge in [-0.25, -0.2) is 19.2 Å². The molecule has 0 unspecified atom stereocenters. The van der Waals surface area contributed by atoms with Crippen molar-refractivity contribution < 1.29 is 9.18 Å². The Morgan fingerprint density at radius 2 is 1.94 bits per heavy atom. The van der Waals surface area contributed by atoms with Gasteiger partial charge in [0.2, 0.25) is 5.91 Å². The van der Waals surface area contributed by atoms with Crippen LogP contribution in [0.4, 0.5) is 9.52 Å². The highest BCUT2D eigenvalue weighted by molar-refractivity contribution is 7.99. The van der Waals surface area contributed by atoms with Crippen LogP contribution in [-0.4, -0.2) is 35.3 Å².